The van der Waals surface area contributed by atoms with E-state index in [-0.39, 0.29) is 11.9 Å². The topological polar surface area (TPSA) is 56.1 Å². The molecule has 158 valence electrons. The second-order valence-electron chi connectivity index (χ2n) is 7.43. The van der Waals surface area contributed by atoms with E-state index < -0.39 is 0 Å². The molecule has 6 heteroatoms. The van der Waals surface area contributed by atoms with Gasteiger partial charge in [0.05, 0.1) is 23.6 Å². The Balaban J connectivity index is 1.55. The number of nitrogens with zero attached hydrogens (tertiary/aromatic N) is 2. The van der Waals surface area contributed by atoms with Gasteiger partial charge in [0.1, 0.15) is 18.2 Å². The summed E-state index contributed by atoms with van der Waals surface area (Å²) in [6, 6.07) is 22.5. The Kier molecular flexibility index (Phi) is 6.23. The van der Waals surface area contributed by atoms with Gasteiger partial charge in [0, 0.05) is 10.6 Å². The Hall–Kier alpha value is -3.31. The Morgan fingerprint density at radius 2 is 1.87 bits per heavy atom. The Morgan fingerprint density at radius 1 is 1.10 bits per heavy atom. The number of halogens is 1. The number of benzene rings is 3. The minimum absolute atomic E-state index is 0.190. The van der Waals surface area contributed by atoms with Crippen LogP contribution in [0.15, 0.2) is 72.8 Å². The molecule has 0 aliphatic heterocycles. The van der Waals surface area contributed by atoms with Gasteiger partial charge in [-0.1, -0.05) is 48.0 Å². The maximum absolute atomic E-state index is 12.7. The summed E-state index contributed by atoms with van der Waals surface area (Å²) >= 11 is 6.03. The van der Waals surface area contributed by atoms with Gasteiger partial charge < -0.3 is 14.6 Å². The largest absolute Gasteiger partial charge is 0.491 e. The highest BCUT2D eigenvalue weighted by molar-refractivity contribution is 6.30. The molecule has 5 nitrogen and oxygen atoms in total. The molecule has 0 saturated carbocycles. The third-order valence-corrected chi connectivity index (χ3v) is 5.41. The number of amides is 1. The van der Waals surface area contributed by atoms with Gasteiger partial charge in [-0.15, -0.1) is 0 Å². The lowest BCUT2D eigenvalue weighted by Crippen LogP contribution is -2.29. The van der Waals surface area contributed by atoms with Crippen LogP contribution >= 0.6 is 11.6 Å². The van der Waals surface area contributed by atoms with Gasteiger partial charge >= 0.3 is 0 Å². The molecule has 4 aromatic rings. The lowest BCUT2D eigenvalue weighted by atomic mass is 10.2. The van der Waals surface area contributed by atoms with E-state index in [2.05, 4.69) is 9.88 Å². The first-order valence-electron chi connectivity index (χ1n) is 10.2. The molecule has 0 fully saturated rings. The molecule has 0 aliphatic carbocycles. The minimum atomic E-state index is -0.294. The number of imidazole rings is 1. The third kappa shape index (κ3) is 4.72. The average molecular weight is 434 g/mol. The fourth-order valence-electron chi connectivity index (χ4n) is 3.60. The molecule has 1 aromatic heterocycles. The van der Waals surface area contributed by atoms with Crippen molar-refractivity contribution in [2.24, 2.45) is 0 Å². The van der Waals surface area contributed by atoms with E-state index in [9.17, 15) is 4.79 Å². The van der Waals surface area contributed by atoms with Crippen molar-refractivity contribution >= 4 is 28.5 Å². The fourth-order valence-corrected chi connectivity index (χ4v) is 3.79. The van der Waals surface area contributed by atoms with Gasteiger partial charge in [-0.3, -0.25) is 4.79 Å². The number of fused-ring (bicyclic) bond motifs is 1. The number of aromatic nitrogens is 2. The third-order valence-electron chi connectivity index (χ3n) is 5.17. The highest BCUT2D eigenvalue weighted by Crippen LogP contribution is 2.22. The van der Waals surface area contributed by atoms with Gasteiger partial charge in [0.25, 0.3) is 5.91 Å². The quantitative estimate of drug-likeness (QED) is 0.414. The monoisotopic (exact) mass is 433 g/mol. The minimum Gasteiger partial charge on any atom is -0.491 e. The Morgan fingerprint density at radius 3 is 2.68 bits per heavy atom. The number of para-hydroxylation sites is 3. The standard InChI is InChI=1S/C25H24ClN3O2/c1-17-8-3-6-13-23(17)31-15-14-29-22-12-5-4-11-21(22)28-24(29)18(2)27-25(30)19-9-7-10-20(26)16-19/h3-13,16,18H,14-15H2,1-2H3,(H,27,30). The highest BCUT2D eigenvalue weighted by Gasteiger charge is 2.19. The number of rotatable bonds is 7. The van der Waals surface area contributed by atoms with E-state index >= 15 is 0 Å². The van der Waals surface area contributed by atoms with E-state index in [0.717, 1.165) is 28.2 Å². The molecule has 1 unspecified atom stereocenters. The summed E-state index contributed by atoms with van der Waals surface area (Å²) in [4.78, 5) is 17.5. The van der Waals surface area contributed by atoms with Gasteiger partial charge in [0.2, 0.25) is 0 Å². The number of aryl methyl sites for hydroxylation is 1. The van der Waals surface area contributed by atoms with E-state index in [1.807, 2.05) is 62.4 Å². The molecule has 1 amide bonds. The van der Waals surface area contributed by atoms with Crippen molar-refractivity contribution in [1.82, 2.24) is 14.9 Å². The molecule has 0 saturated heterocycles. The molecule has 3 aromatic carbocycles. The summed E-state index contributed by atoms with van der Waals surface area (Å²) in [5, 5.41) is 3.57. The first-order valence-corrected chi connectivity index (χ1v) is 10.6. The fraction of sp³-hybridized carbons (Fsp3) is 0.200. The highest BCUT2D eigenvalue weighted by atomic mass is 35.5. The Labute approximate surface area is 186 Å². The molecule has 1 N–H and O–H groups in total. The summed E-state index contributed by atoms with van der Waals surface area (Å²) in [5.41, 5.74) is 3.51. The van der Waals surface area contributed by atoms with Crippen molar-refractivity contribution in [2.45, 2.75) is 26.4 Å². The molecule has 0 bridgehead atoms. The first kappa shape index (κ1) is 20.9. The maximum atomic E-state index is 12.7. The smallest absolute Gasteiger partial charge is 0.251 e. The van der Waals surface area contributed by atoms with Crippen LogP contribution in [0.1, 0.15) is 34.7 Å². The van der Waals surface area contributed by atoms with E-state index in [1.165, 1.54) is 0 Å². The number of hydrogen-bond acceptors (Lipinski definition) is 3. The summed E-state index contributed by atoms with van der Waals surface area (Å²) < 4.78 is 8.11. The maximum Gasteiger partial charge on any atom is 0.251 e. The van der Waals surface area contributed by atoms with Crippen LogP contribution in [-0.4, -0.2) is 22.1 Å². The second kappa shape index (κ2) is 9.23. The van der Waals surface area contributed by atoms with Crippen molar-refractivity contribution in [3.05, 3.63) is 94.8 Å². The number of carbonyl (C=O) groups excluding carboxylic acids is 1. The van der Waals surface area contributed by atoms with Crippen molar-refractivity contribution in [3.8, 4) is 5.75 Å². The zero-order valence-electron chi connectivity index (χ0n) is 17.5. The molecule has 1 heterocycles. The first-order chi connectivity index (χ1) is 15.0. The van der Waals surface area contributed by atoms with Crippen molar-refractivity contribution in [3.63, 3.8) is 0 Å². The van der Waals surface area contributed by atoms with Gasteiger partial charge in [-0.2, -0.15) is 0 Å². The van der Waals surface area contributed by atoms with Crippen LogP contribution in [0.5, 0.6) is 5.75 Å². The van der Waals surface area contributed by atoms with Gasteiger partial charge in [-0.05, 0) is 55.8 Å². The zero-order valence-corrected chi connectivity index (χ0v) is 18.3. The van der Waals surface area contributed by atoms with Crippen molar-refractivity contribution in [1.29, 1.82) is 0 Å². The summed E-state index contributed by atoms with van der Waals surface area (Å²) in [6.07, 6.45) is 0. The van der Waals surface area contributed by atoms with Crippen LogP contribution in [-0.2, 0) is 6.54 Å². The SMILES string of the molecule is Cc1ccccc1OCCn1c(C(C)NC(=O)c2cccc(Cl)c2)nc2ccccc21. The molecule has 0 radical (unpaired) electrons. The molecule has 4 rings (SSSR count). The van der Waals surface area contributed by atoms with Crippen LogP contribution in [0.2, 0.25) is 5.02 Å². The van der Waals surface area contributed by atoms with Crippen LogP contribution in [0.4, 0.5) is 0 Å². The molecule has 1 atom stereocenters. The zero-order chi connectivity index (χ0) is 21.8. The Bertz CT molecular complexity index is 1220. The number of carbonyl (C=O) groups is 1. The van der Waals surface area contributed by atoms with E-state index in [0.29, 0.717) is 23.7 Å². The van der Waals surface area contributed by atoms with Crippen LogP contribution in [0.25, 0.3) is 11.0 Å². The number of nitrogens with one attached hydrogen (secondary N) is 1. The second-order valence-corrected chi connectivity index (χ2v) is 7.87. The normalized spacial score (nSPS) is 12.0. The summed E-state index contributed by atoms with van der Waals surface area (Å²) in [7, 11) is 0. The van der Waals surface area contributed by atoms with Crippen molar-refractivity contribution in [2.75, 3.05) is 6.61 Å². The molecular formula is C25H24ClN3O2. The molecular weight excluding hydrogens is 410 g/mol. The molecule has 0 aliphatic rings. The summed E-state index contributed by atoms with van der Waals surface area (Å²) in [6.45, 7) is 5.07. The van der Waals surface area contributed by atoms with E-state index in [1.54, 1.807) is 24.3 Å². The predicted molar refractivity (Wildman–Crippen MR) is 124 cm³/mol. The van der Waals surface area contributed by atoms with E-state index in [4.69, 9.17) is 21.3 Å². The molecule has 0 spiro atoms. The van der Waals surface area contributed by atoms with Gasteiger partial charge in [0.15, 0.2) is 0 Å². The molecule has 31 heavy (non-hydrogen) atoms. The van der Waals surface area contributed by atoms with Crippen LogP contribution in [0, 0.1) is 6.92 Å². The number of ether oxygens (including phenoxy) is 1. The average Bonchev–Trinajstić information content (AvgIpc) is 3.14. The summed E-state index contributed by atoms with van der Waals surface area (Å²) in [5.74, 6) is 1.46. The predicted octanol–water partition coefficient (Wildman–Crippen LogP) is 5.57. The lowest BCUT2D eigenvalue weighted by molar-refractivity contribution is 0.0937. The lowest BCUT2D eigenvalue weighted by Gasteiger charge is -2.17. The van der Waals surface area contributed by atoms with Crippen molar-refractivity contribution < 1.29 is 9.53 Å². The van der Waals surface area contributed by atoms with Crippen LogP contribution < -0.4 is 10.1 Å². The number of hydrogen-bond donors (Lipinski definition) is 1. The van der Waals surface area contributed by atoms with Crippen LogP contribution in [0.3, 0.4) is 0 Å². The van der Waals surface area contributed by atoms with Gasteiger partial charge in [-0.25, -0.2) is 4.98 Å².